The largest absolute Gasteiger partial charge is 0.319 e. The van der Waals surface area contributed by atoms with E-state index >= 15 is 0 Å². The predicted octanol–water partition coefficient (Wildman–Crippen LogP) is 2.00. The van der Waals surface area contributed by atoms with Crippen LogP contribution in [-0.4, -0.2) is 11.3 Å². The van der Waals surface area contributed by atoms with Crippen molar-refractivity contribution in [2.24, 2.45) is 5.73 Å². The van der Waals surface area contributed by atoms with Gasteiger partial charge in [0.05, 0.1) is 11.0 Å². The summed E-state index contributed by atoms with van der Waals surface area (Å²) in [6.07, 6.45) is -2.97. The summed E-state index contributed by atoms with van der Waals surface area (Å²) >= 11 is 0. The lowest BCUT2D eigenvalue weighted by Crippen LogP contribution is -2.20. The minimum Gasteiger partial charge on any atom is -0.319 e. The van der Waals surface area contributed by atoms with Gasteiger partial charge < -0.3 is 5.73 Å². The zero-order valence-electron chi connectivity index (χ0n) is 7.36. The maximum absolute atomic E-state index is 13.0. The van der Waals surface area contributed by atoms with Crippen LogP contribution in [0.1, 0.15) is 11.6 Å². The van der Waals surface area contributed by atoms with Crippen molar-refractivity contribution < 1.29 is 18.1 Å². The van der Waals surface area contributed by atoms with Gasteiger partial charge in [-0.2, -0.15) is 0 Å². The number of rotatable bonds is 3. The van der Waals surface area contributed by atoms with Gasteiger partial charge in [0, 0.05) is 17.7 Å². The highest BCUT2D eigenvalue weighted by atomic mass is 19.3. The van der Waals surface area contributed by atoms with Crippen LogP contribution in [0.5, 0.6) is 0 Å². The number of alkyl halides is 2. The van der Waals surface area contributed by atoms with E-state index in [1.807, 2.05) is 0 Å². The smallest absolute Gasteiger partial charge is 0.269 e. The molecule has 82 valence electrons. The Kier molecular flexibility index (Phi) is 3.25. The molecule has 7 heteroatoms. The molecule has 1 rings (SSSR count). The summed E-state index contributed by atoms with van der Waals surface area (Å²) in [6.45, 7) is 0. The molecule has 0 heterocycles. The molecule has 15 heavy (non-hydrogen) atoms. The van der Waals surface area contributed by atoms with Gasteiger partial charge in [-0.15, -0.1) is 0 Å². The van der Waals surface area contributed by atoms with Crippen LogP contribution in [0, 0.1) is 15.9 Å². The number of nitrogens with zero attached hydrogens (tertiary/aromatic N) is 1. The average Bonchev–Trinajstić information content (AvgIpc) is 2.16. The van der Waals surface area contributed by atoms with E-state index in [2.05, 4.69) is 0 Å². The Hall–Kier alpha value is -1.63. The van der Waals surface area contributed by atoms with Gasteiger partial charge in [0.25, 0.3) is 12.1 Å². The molecule has 0 saturated heterocycles. The number of non-ortho nitro benzene ring substituents is 1. The monoisotopic (exact) mass is 220 g/mol. The molecule has 4 nitrogen and oxygen atoms in total. The van der Waals surface area contributed by atoms with E-state index < -0.39 is 34.5 Å². The van der Waals surface area contributed by atoms with Gasteiger partial charge in [-0.3, -0.25) is 10.1 Å². The van der Waals surface area contributed by atoms with Gasteiger partial charge in [0.2, 0.25) is 0 Å². The Morgan fingerprint density at radius 2 is 2.00 bits per heavy atom. The predicted molar refractivity (Wildman–Crippen MR) is 46.0 cm³/mol. The van der Waals surface area contributed by atoms with Gasteiger partial charge in [-0.25, -0.2) is 13.2 Å². The van der Waals surface area contributed by atoms with Crippen molar-refractivity contribution in [1.29, 1.82) is 0 Å². The van der Waals surface area contributed by atoms with E-state index in [0.29, 0.717) is 6.07 Å². The van der Waals surface area contributed by atoms with Crippen molar-refractivity contribution >= 4 is 5.69 Å². The third-order valence-corrected chi connectivity index (χ3v) is 1.82. The normalized spacial score (nSPS) is 12.9. The van der Waals surface area contributed by atoms with Crippen molar-refractivity contribution in [2.45, 2.75) is 12.5 Å². The standard InChI is InChI=1S/C8H7F3N2O2/c9-6-2-1-4(13(14)15)3-5(6)7(12)8(10)11/h1-3,7-8H,12H2/t7-/m1/s1. The molecule has 0 amide bonds. The van der Waals surface area contributed by atoms with Crippen molar-refractivity contribution in [3.63, 3.8) is 0 Å². The highest BCUT2D eigenvalue weighted by Crippen LogP contribution is 2.24. The van der Waals surface area contributed by atoms with Crippen LogP contribution in [-0.2, 0) is 0 Å². The molecule has 1 aromatic carbocycles. The van der Waals surface area contributed by atoms with E-state index in [1.165, 1.54) is 0 Å². The molecule has 0 aliphatic rings. The minimum absolute atomic E-state index is 0.470. The molecule has 0 radical (unpaired) electrons. The van der Waals surface area contributed by atoms with Crippen LogP contribution in [0.25, 0.3) is 0 Å². The summed E-state index contributed by atoms with van der Waals surface area (Å²) in [5, 5.41) is 10.3. The summed E-state index contributed by atoms with van der Waals surface area (Å²) in [7, 11) is 0. The van der Waals surface area contributed by atoms with Crippen LogP contribution in [0.4, 0.5) is 18.9 Å². The first-order valence-electron chi connectivity index (χ1n) is 3.91. The Balaban J connectivity index is 3.16. The summed E-state index contributed by atoms with van der Waals surface area (Å²) in [5.41, 5.74) is 3.97. The molecule has 1 aromatic rings. The fraction of sp³-hybridized carbons (Fsp3) is 0.250. The average molecular weight is 220 g/mol. The number of nitro benzene ring substituents is 1. The summed E-state index contributed by atoms with van der Waals surface area (Å²) in [5.74, 6) is -0.978. The number of hydrogen-bond donors (Lipinski definition) is 1. The highest BCUT2D eigenvalue weighted by Gasteiger charge is 2.23. The van der Waals surface area contributed by atoms with E-state index in [1.54, 1.807) is 0 Å². The molecule has 0 aromatic heterocycles. The van der Waals surface area contributed by atoms with Crippen molar-refractivity contribution in [2.75, 3.05) is 0 Å². The second-order valence-corrected chi connectivity index (χ2v) is 2.82. The number of nitro groups is 1. The Morgan fingerprint density at radius 3 is 2.47 bits per heavy atom. The van der Waals surface area contributed by atoms with Gasteiger partial charge in [0.15, 0.2) is 0 Å². The van der Waals surface area contributed by atoms with Crippen molar-refractivity contribution in [1.82, 2.24) is 0 Å². The number of nitrogens with two attached hydrogens (primary N) is 1. The minimum atomic E-state index is -2.97. The van der Waals surface area contributed by atoms with Crippen LogP contribution in [0.15, 0.2) is 18.2 Å². The highest BCUT2D eigenvalue weighted by molar-refractivity contribution is 5.37. The van der Waals surface area contributed by atoms with Crippen LogP contribution >= 0.6 is 0 Å². The maximum atomic E-state index is 13.0. The van der Waals surface area contributed by atoms with Gasteiger partial charge >= 0.3 is 0 Å². The van der Waals surface area contributed by atoms with E-state index in [-0.39, 0.29) is 0 Å². The van der Waals surface area contributed by atoms with Crippen LogP contribution in [0.3, 0.4) is 0 Å². The Bertz CT molecular complexity index is 384. The van der Waals surface area contributed by atoms with Crippen molar-refractivity contribution in [3.8, 4) is 0 Å². The fourth-order valence-corrected chi connectivity index (χ4v) is 1.04. The molecular formula is C8H7F3N2O2. The third-order valence-electron chi connectivity index (χ3n) is 1.82. The van der Waals surface area contributed by atoms with Crippen LogP contribution < -0.4 is 5.73 Å². The number of benzene rings is 1. The van der Waals surface area contributed by atoms with Gasteiger partial charge in [-0.1, -0.05) is 0 Å². The molecule has 0 aliphatic heterocycles. The maximum Gasteiger partial charge on any atom is 0.269 e. The summed E-state index contributed by atoms with van der Waals surface area (Å²) in [4.78, 5) is 9.51. The molecule has 0 aliphatic carbocycles. The van der Waals surface area contributed by atoms with E-state index in [9.17, 15) is 23.3 Å². The lowest BCUT2D eigenvalue weighted by Gasteiger charge is -2.11. The van der Waals surface area contributed by atoms with E-state index in [4.69, 9.17) is 5.73 Å². The molecule has 0 bridgehead atoms. The van der Waals surface area contributed by atoms with Crippen molar-refractivity contribution in [3.05, 3.63) is 39.7 Å². The molecular weight excluding hydrogens is 213 g/mol. The first-order valence-corrected chi connectivity index (χ1v) is 3.91. The first kappa shape index (κ1) is 11.4. The number of halogens is 3. The second-order valence-electron chi connectivity index (χ2n) is 2.82. The zero-order chi connectivity index (χ0) is 11.6. The first-order chi connectivity index (χ1) is 6.93. The molecule has 2 N–H and O–H groups in total. The Morgan fingerprint density at radius 1 is 1.40 bits per heavy atom. The summed E-state index contributed by atoms with van der Waals surface area (Å²) < 4.78 is 37.3. The third kappa shape index (κ3) is 2.44. The zero-order valence-corrected chi connectivity index (χ0v) is 7.36. The van der Waals surface area contributed by atoms with Gasteiger partial charge in [0.1, 0.15) is 5.82 Å². The number of hydrogen-bond acceptors (Lipinski definition) is 3. The van der Waals surface area contributed by atoms with Crippen LogP contribution in [0.2, 0.25) is 0 Å². The molecule has 1 atom stereocenters. The van der Waals surface area contributed by atoms with Gasteiger partial charge in [-0.05, 0) is 6.07 Å². The second kappa shape index (κ2) is 4.26. The SMILES string of the molecule is N[C@H](c1cc([N+](=O)[O-])ccc1F)C(F)F. The Labute approximate surface area is 82.7 Å². The topological polar surface area (TPSA) is 69.2 Å². The lowest BCUT2D eigenvalue weighted by atomic mass is 10.1. The molecule has 0 unspecified atom stereocenters. The quantitative estimate of drug-likeness (QED) is 0.625. The van der Waals surface area contributed by atoms with E-state index in [0.717, 1.165) is 12.1 Å². The molecule has 0 fully saturated rings. The fourth-order valence-electron chi connectivity index (χ4n) is 1.04. The molecule has 0 saturated carbocycles. The molecule has 0 spiro atoms. The summed E-state index contributed by atoms with van der Waals surface area (Å²) in [6, 6.07) is 0.490. The lowest BCUT2D eigenvalue weighted by molar-refractivity contribution is -0.385.